The van der Waals surface area contributed by atoms with Gasteiger partial charge >= 0.3 is 6.18 Å². The van der Waals surface area contributed by atoms with Gasteiger partial charge in [-0.2, -0.15) is 13.2 Å². The SMILES string of the molecule is Nc1cc(C(F)(F)F)ccc1Cc1ccc(Cl)s1. The number of halogens is 4. The van der Waals surface area contributed by atoms with Crippen LogP contribution in [0.1, 0.15) is 16.0 Å². The molecule has 0 saturated carbocycles. The van der Waals surface area contributed by atoms with E-state index >= 15 is 0 Å². The average molecular weight is 292 g/mol. The monoisotopic (exact) mass is 291 g/mol. The zero-order chi connectivity index (χ0) is 13.3. The van der Waals surface area contributed by atoms with Crippen LogP contribution in [0.25, 0.3) is 0 Å². The third kappa shape index (κ3) is 2.97. The Kier molecular flexibility index (Phi) is 3.54. The van der Waals surface area contributed by atoms with E-state index in [9.17, 15) is 13.2 Å². The van der Waals surface area contributed by atoms with Crippen LogP contribution in [0.3, 0.4) is 0 Å². The Morgan fingerprint density at radius 2 is 1.89 bits per heavy atom. The summed E-state index contributed by atoms with van der Waals surface area (Å²) >= 11 is 7.18. The van der Waals surface area contributed by atoms with Crippen molar-refractivity contribution < 1.29 is 13.2 Å². The fourth-order valence-electron chi connectivity index (χ4n) is 1.57. The fourth-order valence-corrected chi connectivity index (χ4v) is 2.68. The third-order valence-corrected chi connectivity index (χ3v) is 3.70. The highest BCUT2D eigenvalue weighted by atomic mass is 35.5. The zero-order valence-electron chi connectivity index (χ0n) is 9.09. The van der Waals surface area contributed by atoms with Crippen molar-refractivity contribution in [2.75, 3.05) is 5.73 Å². The predicted molar refractivity (Wildman–Crippen MR) is 68.0 cm³/mol. The number of thiophene rings is 1. The maximum atomic E-state index is 12.5. The van der Waals surface area contributed by atoms with E-state index in [1.807, 2.05) is 6.07 Å². The van der Waals surface area contributed by atoms with Crippen LogP contribution >= 0.6 is 22.9 Å². The maximum absolute atomic E-state index is 12.5. The van der Waals surface area contributed by atoms with Crippen LogP contribution in [-0.2, 0) is 12.6 Å². The van der Waals surface area contributed by atoms with Crippen LogP contribution in [0.4, 0.5) is 18.9 Å². The lowest BCUT2D eigenvalue weighted by Crippen LogP contribution is -2.06. The molecule has 2 rings (SSSR count). The molecular formula is C12H9ClF3NS. The quantitative estimate of drug-likeness (QED) is 0.805. The van der Waals surface area contributed by atoms with E-state index in [0.29, 0.717) is 16.3 Å². The van der Waals surface area contributed by atoms with Gasteiger partial charge in [0.1, 0.15) is 0 Å². The fraction of sp³-hybridized carbons (Fsp3) is 0.167. The molecule has 0 amide bonds. The van der Waals surface area contributed by atoms with E-state index in [2.05, 4.69) is 0 Å². The molecule has 0 atom stereocenters. The van der Waals surface area contributed by atoms with Gasteiger partial charge in [-0.25, -0.2) is 0 Å². The van der Waals surface area contributed by atoms with Crippen LogP contribution in [-0.4, -0.2) is 0 Å². The van der Waals surface area contributed by atoms with E-state index in [-0.39, 0.29) is 5.69 Å². The van der Waals surface area contributed by atoms with Crippen LogP contribution in [0.2, 0.25) is 4.34 Å². The lowest BCUT2D eigenvalue weighted by Gasteiger charge is -2.10. The first-order valence-electron chi connectivity index (χ1n) is 5.06. The summed E-state index contributed by atoms with van der Waals surface area (Å²) in [5.74, 6) is 0. The van der Waals surface area contributed by atoms with Gasteiger partial charge in [0.15, 0.2) is 0 Å². The topological polar surface area (TPSA) is 26.0 Å². The second-order valence-electron chi connectivity index (χ2n) is 3.79. The van der Waals surface area contributed by atoms with Crippen molar-refractivity contribution in [3.8, 4) is 0 Å². The molecule has 0 unspecified atom stereocenters. The van der Waals surface area contributed by atoms with E-state index in [1.54, 1.807) is 6.07 Å². The van der Waals surface area contributed by atoms with Gasteiger partial charge in [0.25, 0.3) is 0 Å². The molecule has 2 N–H and O–H groups in total. The lowest BCUT2D eigenvalue weighted by molar-refractivity contribution is -0.137. The highest BCUT2D eigenvalue weighted by molar-refractivity contribution is 7.16. The largest absolute Gasteiger partial charge is 0.416 e. The second-order valence-corrected chi connectivity index (χ2v) is 5.59. The predicted octanol–water partition coefficient (Wildman–Crippen LogP) is 4.59. The molecule has 0 spiro atoms. The summed E-state index contributed by atoms with van der Waals surface area (Å²) in [6.07, 6.45) is -3.87. The van der Waals surface area contributed by atoms with Crippen LogP contribution in [0.5, 0.6) is 0 Å². The highest BCUT2D eigenvalue weighted by Crippen LogP contribution is 2.32. The van der Waals surface area contributed by atoms with Gasteiger partial charge in [0.05, 0.1) is 9.90 Å². The molecule has 2 aromatic rings. The molecule has 1 nitrogen and oxygen atoms in total. The number of nitrogen functional groups attached to an aromatic ring is 1. The first-order chi connectivity index (χ1) is 8.36. The Hall–Kier alpha value is -1.20. The number of nitrogens with two attached hydrogens (primary N) is 1. The van der Waals surface area contributed by atoms with Crippen molar-refractivity contribution in [3.63, 3.8) is 0 Å². The van der Waals surface area contributed by atoms with Crippen molar-refractivity contribution >= 4 is 28.6 Å². The number of alkyl halides is 3. The first kappa shape index (κ1) is 13.2. The molecule has 0 radical (unpaired) electrons. The van der Waals surface area contributed by atoms with Gasteiger partial charge in [0.2, 0.25) is 0 Å². The van der Waals surface area contributed by atoms with Crippen molar-refractivity contribution in [2.45, 2.75) is 12.6 Å². The van der Waals surface area contributed by atoms with E-state index in [0.717, 1.165) is 17.0 Å². The number of benzene rings is 1. The molecule has 0 fully saturated rings. The Bertz CT molecular complexity index is 563. The van der Waals surface area contributed by atoms with Crippen molar-refractivity contribution in [2.24, 2.45) is 0 Å². The minimum absolute atomic E-state index is 0.148. The van der Waals surface area contributed by atoms with Gasteiger partial charge in [-0.1, -0.05) is 17.7 Å². The minimum atomic E-state index is -4.36. The molecular weight excluding hydrogens is 283 g/mol. The van der Waals surface area contributed by atoms with E-state index in [1.165, 1.54) is 17.4 Å². The molecule has 18 heavy (non-hydrogen) atoms. The summed E-state index contributed by atoms with van der Waals surface area (Å²) in [6.45, 7) is 0. The van der Waals surface area contributed by atoms with Gasteiger partial charge in [-0.05, 0) is 29.8 Å². The molecule has 0 bridgehead atoms. The van der Waals surface area contributed by atoms with Crippen molar-refractivity contribution in [1.82, 2.24) is 0 Å². The highest BCUT2D eigenvalue weighted by Gasteiger charge is 2.30. The second kappa shape index (κ2) is 4.82. The molecule has 1 heterocycles. The van der Waals surface area contributed by atoms with Crippen LogP contribution in [0.15, 0.2) is 30.3 Å². The lowest BCUT2D eigenvalue weighted by atomic mass is 10.1. The molecule has 0 aliphatic rings. The standard InChI is InChI=1S/C12H9ClF3NS/c13-11-4-3-9(18-11)5-7-1-2-8(6-10(7)17)12(14,15)16/h1-4,6H,5,17H2. The first-order valence-corrected chi connectivity index (χ1v) is 6.25. The Balaban J connectivity index is 2.25. The minimum Gasteiger partial charge on any atom is -0.398 e. The molecule has 1 aromatic heterocycles. The van der Waals surface area contributed by atoms with E-state index in [4.69, 9.17) is 17.3 Å². The zero-order valence-corrected chi connectivity index (χ0v) is 10.7. The summed E-state index contributed by atoms with van der Waals surface area (Å²) in [4.78, 5) is 0.964. The summed E-state index contributed by atoms with van der Waals surface area (Å²) in [5.41, 5.74) is 5.73. The van der Waals surface area contributed by atoms with Crippen molar-refractivity contribution in [3.05, 3.63) is 50.7 Å². The van der Waals surface area contributed by atoms with Gasteiger partial charge in [0, 0.05) is 17.0 Å². The Morgan fingerprint density at radius 3 is 2.39 bits per heavy atom. The Labute approximate surface area is 111 Å². The van der Waals surface area contributed by atoms with Gasteiger partial charge in [-0.15, -0.1) is 11.3 Å². The summed E-state index contributed by atoms with van der Waals surface area (Å²) in [5, 5.41) is 0. The average Bonchev–Trinajstić information content (AvgIpc) is 2.65. The van der Waals surface area contributed by atoms with Crippen molar-refractivity contribution in [1.29, 1.82) is 0 Å². The normalized spacial score (nSPS) is 11.8. The Morgan fingerprint density at radius 1 is 1.17 bits per heavy atom. The van der Waals surface area contributed by atoms with Crippen LogP contribution < -0.4 is 5.73 Å². The van der Waals surface area contributed by atoms with Crippen LogP contribution in [0, 0.1) is 0 Å². The molecule has 0 saturated heterocycles. The number of hydrogen-bond acceptors (Lipinski definition) is 2. The molecule has 0 aliphatic carbocycles. The summed E-state index contributed by atoms with van der Waals surface area (Å²) in [6, 6.07) is 7.00. The van der Waals surface area contributed by atoms with Gasteiger partial charge in [-0.3, -0.25) is 0 Å². The number of hydrogen-bond donors (Lipinski definition) is 1. The molecule has 1 aromatic carbocycles. The van der Waals surface area contributed by atoms with Gasteiger partial charge < -0.3 is 5.73 Å². The summed E-state index contributed by atoms with van der Waals surface area (Å²) in [7, 11) is 0. The molecule has 96 valence electrons. The third-order valence-electron chi connectivity index (χ3n) is 2.47. The molecule has 6 heteroatoms. The van der Waals surface area contributed by atoms with E-state index < -0.39 is 11.7 Å². The number of rotatable bonds is 2. The number of anilines is 1. The molecule has 0 aliphatic heterocycles. The maximum Gasteiger partial charge on any atom is 0.416 e. The smallest absolute Gasteiger partial charge is 0.398 e. The summed E-state index contributed by atoms with van der Waals surface area (Å²) < 4.78 is 38.0.